The Morgan fingerprint density at radius 1 is 1.16 bits per heavy atom. The highest BCUT2D eigenvalue weighted by atomic mass is 32.1. The lowest BCUT2D eigenvalue weighted by molar-refractivity contribution is 0.151. The fourth-order valence-corrected chi connectivity index (χ4v) is 2.74. The van der Waals surface area contributed by atoms with Gasteiger partial charge in [0.2, 0.25) is 0 Å². The minimum atomic E-state index is -2.48. The number of hydrogen-bond donors (Lipinski definition) is 1. The number of aryl methyl sites for hydroxylation is 2. The van der Waals surface area contributed by atoms with E-state index in [9.17, 15) is 13.9 Å². The van der Waals surface area contributed by atoms with Crippen LogP contribution in [0.1, 0.15) is 39.2 Å². The summed E-state index contributed by atoms with van der Waals surface area (Å²) in [6.07, 6.45) is -2.78. The maximum atomic E-state index is 12.4. The molecule has 2 rings (SSSR count). The minimum absolute atomic E-state index is 0.0307. The van der Waals surface area contributed by atoms with E-state index in [1.54, 1.807) is 23.5 Å². The molecular weight excluding hydrogens is 268 g/mol. The Morgan fingerprint density at radius 3 is 2.21 bits per heavy atom. The molecule has 0 saturated carbocycles. The van der Waals surface area contributed by atoms with Gasteiger partial charge in [-0.1, -0.05) is 24.3 Å². The summed E-state index contributed by atoms with van der Waals surface area (Å²) < 4.78 is 24.8. The monoisotopic (exact) mass is 283 g/mol. The van der Waals surface area contributed by atoms with Gasteiger partial charge in [-0.2, -0.15) is 0 Å². The van der Waals surface area contributed by atoms with Crippen LogP contribution in [0.15, 0.2) is 24.3 Å². The molecular formula is C14H15F2NOS. The third-order valence-electron chi connectivity index (χ3n) is 3.01. The fourth-order valence-electron chi connectivity index (χ4n) is 1.77. The van der Waals surface area contributed by atoms with Crippen LogP contribution in [-0.2, 0) is 6.42 Å². The van der Waals surface area contributed by atoms with Crippen LogP contribution in [0.4, 0.5) is 8.78 Å². The summed E-state index contributed by atoms with van der Waals surface area (Å²) in [6, 6.07) is 5.78. The van der Waals surface area contributed by atoms with Crippen molar-refractivity contribution >= 4 is 11.3 Å². The first-order valence-corrected chi connectivity index (χ1v) is 6.78. The zero-order chi connectivity index (χ0) is 14.0. The lowest BCUT2D eigenvalue weighted by Gasteiger charge is -2.10. The zero-order valence-corrected chi connectivity index (χ0v) is 11.5. The van der Waals surface area contributed by atoms with Crippen LogP contribution in [0, 0.1) is 13.8 Å². The van der Waals surface area contributed by atoms with Gasteiger partial charge in [0, 0.05) is 16.9 Å². The number of aliphatic hydroxyl groups is 1. The first kappa shape index (κ1) is 14.1. The van der Waals surface area contributed by atoms with Crippen LogP contribution < -0.4 is 0 Å². The molecule has 2 nitrogen and oxygen atoms in total. The summed E-state index contributed by atoms with van der Waals surface area (Å²) in [5, 5.41) is 10.9. The molecule has 1 heterocycles. The second-order valence-corrected chi connectivity index (χ2v) is 5.72. The molecule has 0 aliphatic rings. The molecule has 1 atom stereocenters. The second-order valence-electron chi connectivity index (χ2n) is 4.44. The molecule has 0 saturated heterocycles. The van der Waals surface area contributed by atoms with E-state index >= 15 is 0 Å². The number of rotatable bonds is 4. The summed E-state index contributed by atoms with van der Waals surface area (Å²) >= 11 is 1.55. The van der Waals surface area contributed by atoms with Crippen LogP contribution >= 0.6 is 11.3 Å². The zero-order valence-electron chi connectivity index (χ0n) is 10.7. The average molecular weight is 283 g/mol. The van der Waals surface area contributed by atoms with Crippen molar-refractivity contribution < 1.29 is 13.9 Å². The van der Waals surface area contributed by atoms with Gasteiger partial charge in [-0.15, -0.1) is 11.3 Å². The lowest BCUT2D eigenvalue weighted by Crippen LogP contribution is -2.01. The van der Waals surface area contributed by atoms with Crippen molar-refractivity contribution in [3.63, 3.8) is 0 Å². The van der Waals surface area contributed by atoms with E-state index < -0.39 is 12.5 Å². The van der Waals surface area contributed by atoms with Gasteiger partial charge in [-0.05, 0) is 19.4 Å². The Kier molecular flexibility index (Phi) is 4.27. The average Bonchev–Trinajstić information content (AvgIpc) is 2.68. The Balaban J connectivity index is 2.09. The van der Waals surface area contributed by atoms with Crippen molar-refractivity contribution in [3.8, 4) is 0 Å². The molecule has 19 heavy (non-hydrogen) atoms. The highest BCUT2D eigenvalue weighted by Gasteiger charge is 2.13. The van der Waals surface area contributed by atoms with Crippen molar-refractivity contribution in [1.29, 1.82) is 0 Å². The Labute approximate surface area is 114 Å². The van der Waals surface area contributed by atoms with Gasteiger partial charge in [0.25, 0.3) is 6.43 Å². The van der Waals surface area contributed by atoms with Crippen LogP contribution in [0.2, 0.25) is 0 Å². The molecule has 0 spiro atoms. The van der Waals surface area contributed by atoms with Crippen molar-refractivity contribution in [2.45, 2.75) is 32.8 Å². The smallest absolute Gasteiger partial charge is 0.263 e. The molecule has 0 radical (unpaired) electrons. The summed E-state index contributed by atoms with van der Waals surface area (Å²) in [5.74, 6) is 0. The number of halogens is 2. The van der Waals surface area contributed by atoms with E-state index in [0.29, 0.717) is 12.0 Å². The topological polar surface area (TPSA) is 33.1 Å². The van der Waals surface area contributed by atoms with Gasteiger partial charge in [0.15, 0.2) is 0 Å². The third-order valence-corrected chi connectivity index (χ3v) is 4.11. The van der Waals surface area contributed by atoms with Crippen molar-refractivity contribution in [1.82, 2.24) is 4.98 Å². The number of thiazole rings is 1. The Bertz CT molecular complexity index is 532. The van der Waals surface area contributed by atoms with Crippen molar-refractivity contribution in [2.24, 2.45) is 0 Å². The molecule has 5 heteroatoms. The van der Waals surface area contributed by atoms with Gasteiger partial charge in [-0.3, -0.25) is 0 Å². The summed E-state index contributed by atoms with van der Waals surface area (Å²) in [6.45, 7) is 3.92. The molecule has 1 unspecified atom stereocenters. The number of nitrogens with zero attached hydrogens (tertiary/aromatic N) is 1. The maximum absolute atomic E-state index is 12.4. The molecule has 0 aliphatic carbocycles. The molecule has 0 fully saturated rings. The van der Waals surface area contributed by atoms with E-state index in [0.717, 1.165) is 15.6 Å². The molecule has 0 amide bonds. The summed E-state index contributed by atoms with van der Waals surface area (Å²) in [4.78, 5) is 5.49. The highest BCUT2D eigenvalue weighted by molar-refractivity contribution is 7.11. The minimum Gasteiger partial charge on any atom is -0.388 e. The van der Waals surface area contributed by atoms with Crippen LogP contribution in [0.25, 0.3) is 0 Å². The van der Waals surface area contributed by atoms with Crippen LogP contribution in [0.3, 0.4) is 0 Å². The normalized spacial score (nSPS) is 12.9. The molecule has 0 bridgehead atoms. The number of alkyl halides is 2. The fraction of sp³-hybridized carbons (Fsp3) is 0.357. The molecule has 2 aromatic rings. The number of aromatic nitrogens is 1. The lowest BCUT2D eigenvalue weighted by atomic mass is 10.1. The van der Waals surface area contributed by atoms with Gasteiger partial charge < -0.3 is 5.11 Å². The number of aliphatic hydroxyl groups excluding tert-OH is 1. The Morgan fingerprint density at radius 2 is 1.74 bits per heavy atom. The van der Waals surface area contributed by atoms with E-state index in [-0.39, 0.29) is 5.56 Å². The molecule has 0 aliphatic heterocycles. The van der Waals surface area contributed by atoms with Gasteiger partial charge in [-0.25, -0.2) is 13.8 Å². The number of hydrogen-bond acceptors (Lipinski definition) is 3. The molecule has 1 aromatic heterocycles. The summed E-state index contributed by atoms with van der Waals surface area (Å²) in [7, 11) is 0. The Hall–Kier alpha value is -1.33. The largest absolute Gasteiger partial charge is 0.388 e. The molecule has 1 N–H and O–H groups in total. The predicted molar refractivity (Wildman–Crippen MR) is 71.7 cm³/mol. The third kappa shape index (κ3) is 3.36. The second kappa shape index (κ2) is 5.75. The van der Waals surface area contributed by atoms with E-state index in [2.05, 4.69) is 4.98 Å². The quantitative estimate of drug-likeness (QED) is 0.921. The first-order chi connectivity index (χ1) is 8.97. The van der Waals surface area contributed by atoms with E-state index in [1.165, 1.54) is 12.1 Å². The first-order valence-electron chi connectivity index (χ1n) is 5.96. The van der Waals surface area contributed by atoms with Gasteiger partial charge in [0.05, 0.1) is 16.8 Å². The molecule has 102 valence electrons. The predicted octanol–water partition coefficient (Wildman–Crippen LogP) is 3.97. The SMILES string of the molecule is Cc1nc(CC(O)c2ccc(C(F)F)cc2)sc1C. The van der Waals surface area contributed by atoms with E-state index in [4.69, 9.17) is 0 Å². The van der Waals surface area contributed by atoms with Gasteiger partial charge in [0.1, 0.15) is 0 Å². The van der Waals surface area contributed by atoms with Crippen molar-refractivity contribution in [3.05, 3.63) is 51.0 Å². The van der Waals surface area contributed by atoms with Crippen LogP contribution in [0.5, 0.6) is 0 Å². The van der Waals surface area contributed by atoms with Crippen LogP contribution in [-0.4, -0.2) is 10.1 Å². The van der Waals surface area contributed by atoms with Gasteiger partial charge >= 0.3 is 0 Å². The standard InChI is InChI=1S/C14H15F2NOS/c1-8-9(2)19-13(17-8)7-12(18)10-3-5-11(6-4-10)14(15)16/h3-6,12,14,18H,7H2,1-2H3. The summed E-state index contributed by atoms with van der Waals surface area (Å²) in [5.41, 5.74) is 1.58. The van der Waals surface area contributed by atoms with E-state index in [1.807, 2.05) is 13.8 Å². The number of benzene rings is 1. The van der Waals surface area contributed by atoms with Crippen molar-refractivity contribution in [2.75, 3.05) is 0 Å². The molecule has 1 aromatic carbocycles. The maximum Gasteiger partial charge on any atom is 0.263 e. The highest BCUT2D eigenvalue weighted by Crippen LogP contribution is 2.25.